The molecule has 1 atom stereocenters. The number of amides is 1. The van der Waals surface area contributed by atoms with Crippen LogP contribution >= 0.6 is 0 Å². The first-order valence-corrected chi connectivity index (χ1v) is 9.88. The maximum absolute atomic E-state index is 11.4. The molecule has 2 aromatic carbocycles. The summed E-state index contributed by atoms with van der Waals surface area (Å²) in [6, 6.07) is 14.9. The summed E-state index contributed by atoms with van der Waals surface area (Å²) in [6.45, 7) is 2.54. The van der Waals surface area contributed by atoms with Gasteiger partial charge in [-0.2, -0.15) is 5.26 Å². The number of benzene rings is 2. The Morgan fingerprint density at radius 3 is 2.48 bits per heavy atom. The zero-order valence-electron chi connectivity index (χ0n) is 18.1. The summed E-state index contributed by atoms with van der Waals surface area (Å²) >= 11 is 0. The van der Waals surface area contributed by atoms with E-state index in [1.165, 1.54) is 11.0 Å². The number of carbonyl (C=O) groups is 1. The molecule has 0 fully saturated rings. The predicted molar refractivity (Wildman–Crippen MR) is 118 cm³/mol. The van der Waals surface area contributed by atoms with Crippen LogP contribution < -0.4 is 14.2 Å². The number of hydrogen-bond donors (Lipinski definition) is 1. The van der Waals surface area contributed by atoms with Crippen LogP contribution in [-0.4, -0.2) is 56.4 Å². The molecule has 2 aromatic rings. The fourth-order valence-electron chi connectivity index (χ4n) is 3.01. The smallest absolute Gasteiger partial charge is 0.209 e. The fraction of sp³-hybridized carbons (Fsp3) is 0.333. The lowest BCUT2D eigenvalue weighted by atomic mass is 10.1. The Hall–Kier alpha value is -3.50. The zero-order chi connectivity index (χ0) is 22.6. The molecule has 0 heterocycles. The van der Waals surface area contributed by atoms with Crippen molar-refractivity contribution in [3.8, 4) is 23.3 Å². The molecule has 0 aliphatic heterocycles. The molecule has 0 radical (unpaired) electrons. The van der Waals surface area contributed by atoms with Crippen LogP contribution in [0.25, 0.3) is 5.57 Å². The van der Waals surface area contributed by atoms with E-state index >= 15 is 0 Å². The van der Waals surface area contributed by atoms with Gasteiger partial charge in [0.25, 0.3) is 0 Å². The highest BCUT2D eigenvalue weighted by Gasteiger charge is 2.12. The molecule has 7 nitrogen and oxygen atoms in total. The molecule has 0 aliphatic carbocycles. The van der Waals surface area contributed by atoms with Crippen molar-refractivity contribution in [3.05, 3.63) is 59.7 Å². The van der Waals surface area contributed by atoms with Gasteiger partial charge in [0.15, 0.2) is 11.5 Å². The molecule has 1 N–H and O–H groups in total. The molecule has 31 heavy (non-hydrogen) atoms. The van der Waals surface area contributed by atoms with Crippen molar-refractivity contribution >= 4 is 12.0 Å². The summed E-state index contributed by atoms with van der Waals surface area (Å²) in [4.78, 5) is 12.9. The number of methoxy groups -OCH3 is 2. The van der Waals surface area contributed by atoms with Gasteiger partial charge in [-0.1, -0.05) is 18.2 Å². The summed E-state index contributed by atoms with van der Waals surface area (Å²) in [5.74, 6) is 1.89. The van der Waals surface area contributed by atoms with Crippen LogP contribution in [0.1, 0.15) is 18.1 Å². The largest absolute Gasteiger partial charge is 0.493 e. The van der Waals surface area contributed by atoms with E-state index in [0.717, 1.165) is 23.1 Å². The molecule has 1 amide bonds. The Bertz CT molecular complexity index is 919. The topological polar surface area (TPSA) is 92.0 Å². The highest BCUT2D eigenvalue weighted by atomic mass is 16.5. The minimum Gasteiger partial charge on any atom is -0.493 e. The van der Waals surface area contributed by atoms with E-state index < -0.39 is 6.10 Å². The van der Waals surface area contributed by atoms with Crippen LogP contribution in [0.15, 0.2) is 48.5 Å². The molecule has 0 bridgehead atoms. The molecule has 7 heteroatoms. The van der Waals surface area contributed by atoms with Gasteiger partial charge in [0, 0.05) is 19.2 Å². The van der Waals surface area contributed by atoms with Gasteiger partial charge in [-0.3, -0.25) is 4.79 Å². The summed E-state index contributed by atoms with van der Waals surface area (Å²) in [7, 11) is 3.16. The minimum atomic E-state index is -0.824. The quantitative estimate of drug-likeness (QED) is 0.416. The third-order valence-corrected chi connectivity index (χ3v) is 4.76. The normalized spacial score (nSPS) is 11.9. The van der Waals surface area contributed by atoms with Crippen molar-refractivity contribution in [3.63, 3.8) is 0 Å². The number of nitrogens with zero attached hydrogens (tertiary/aromatic N) is 2. The molecule has 164 valence electrons. The van der Waals surface area contributed by atoms with Gasteiger partial charge < -0.3 is 24.2 Å². The minimum absolute atomic E-state index is 0.0626. The summed E-state index contributed by atoms with van der Waals surface area (Å²) in [5, 5.41) is 19.0. The highest BCUT2D eigenvalue weighted by Crippen LogP contribution is 2.27. The van der Waals surface area contributed by atoms with E-state index in [1.807, 2.05) is 43.3 Å². The maximum atomic E-state index is 11.4. The van der Waals surface area contributed by atoms with Crippen molar-refractivity contribution in [2.75, 3.05) is 33.9 Å². The summed E-state index contributed by atoms with van der Waals surface area (Å²) < 4.78 is 16.1. The van der Waals surface area contributed by atoms with Gasteiger partial charge in [0.05, 0.1) is 20.3 Å². The lowest BCUT2D eigenvalue weighted by Gasteiger charge is -2.21. The van der Waals surface area contributed by atoms with Crippen molar-refractivity contribution < 1.29 is 24.1 Å². The standard InChI is InChI=1S/C24H28N2O5/c1-18(10-12-25)20-5-7-22(8-6-20)31-16-21(28)15-26(17-27)13-11-19-4-9-23(29-2)24(14-19)30-3/h4-10,14,17,21,28H,11,13,15-16H2,1-3H3/b18-10-. The number of allylic oxidation sites excluding steroid dienone is 2. The molecule has 0 spiro atoms. The molecular formula is C24H28N2O5. The predicted octanol–water partition coefficient (Wildman–Crippen LogP) is 3.07. The molecule has 1 unspecified atom stereocenters. The van der Waals surface area contributed by atoms with Gasteiger partial charge in [-0.05, 0) is 54.3 Å². The van der Waals surface area contributed by atoms with E-state index in [0.29, 0.717) is 30.2 Å². The number of carbonyl (C=O) groups excluding carboxylic acids is 1. The summed E-state index contributed by atoms with van der Waals surface area (Å²) in [5.41, 5.74) is 2.79. The Labute approximate surface area is 183 Å². The SMILES string of the molecule is COc1ccc(CCN(C=O)CC(O)COc2ccc(/C(C)=C\C#N)cc2)cc1OC. The molecule has 0 saturated carbocycles. The van der Waals surface area contributed by atoms with E-state index in [-0.39, 0.29) is 13.2 Å². The third kappa shape index (κ3) is 7.36. The monoisotopic (exact) mass is 424 g/mol. The van der Waals surface area contributed by atoms with Crippen molar-refractivity contribution in [1.82, 2.24) is 4.90 Å². The number of rotatable bonds is 12. The molecule has 0 saturated heterocycles. The molecule has 0 aromatic heterocycles. The number of ether oxygens (including phenoxy) is 3. The fourth-order valence-corrected chi connectivity index (χ4v) is 3.01. The average Bonchev–Trinajstić information content (AvgIpc) is 2.80. The Morgan fingerprint density at radius 1 is 1.16 bits per heavy atom. The zero-order valence-corrected chi connectivity index (χ0v) is 18.1. The van der Waals surface area contributed by atoms with Crippen LogP contribution in [0, 0.1) is 11.3 Å². The van der Waals surface area contributed by atoms with Crippen LogP contribution in [-0.2, 0) is 11.2 Å². The first kappa shape index (κ1) is 23.8. The van der Waals surface area contributed by atoms with Gasteiger partial charge >= 0.3 is 0 Å². The second-order valence-electron chi connectivity index (χ2n) is 6.99. The Kier molecular flexibility index (Phi) is 9.40. The van der Waals surface area contributed by atoms with Gasteiger partial charge in [0.1, 0.15) is 18.5 Å². The van der Waals surface area contributed by atoms with Gasteiger partial charge in [-0.25, -0.2) is 0 Å². The second-order valence-corrected chi connectivity index (χ2v) is 6.99. The van der Waals surface area contributed by atoms with Gasteiger partial charge in [-0.15, -0.1) is 0 Å². The van der Waals surface area contributed by atoms with Crippen LogP contribution in [0.2, 0.25) is 0 Å². The van der Waals surface area contributed by atoms with Crippen molar-refractivity contribution in [2.24, 2.45) is 0 Å². The molecular weight excluding hydrogens is 396 g/mol. The first-order chi connectivity index (χ1) is 15.0. The first-order valence-electron chi connectivity index (χ1n) is 9.88. The Balaban J connectivity index is 1.83. The number of aliphatic hydroxyl groups is 1. The molecule has 2 rings (SSSR count). The van der Waals surface area contributed by atoms with Crippen molar-refractivity contribution in [1.29, 1.82) is 5.26 Å². The number of nitriles is 1. The van der Waals surface area contributed by atoms with E-state index in [9.17, 15) is 9.90 Å². The van der Waals surface area contributed by atoms with Crippen LogP contribution in [0.4, 0.5) is 0 Å². The van der Waals surface area contributed by atoms with Crippen LogP contribution in [0.3, 0.4) is 0 Å². The number of aliphatic hydroxyl groups excluding tert-OH is 1. The maximum Gasteiger partial charge on any atom is 0.209 e. The number of hydrogen-bond acceptors (Lipinski definition) is 6. The van der Waals surface area contributed by atoms with E-state index in [1.54, 1.807) is 26.4 Å². The molecule has 0 aliphatic rings. The van der Waals surface area contributed by atoms with Crippen LogP contribution in [0.5, 0.6) is 17.2 Å². The van der Waals surface area contributed by atoms with E-state index in [2.05, 4.69) is 0 Å². The average molecular weight is 424 g/mol. The van der Waals surface area contributed by atoms with Gasteiger partial charge in [0.2, 0.25) is 6.41 Å². The highest BCUT2D eigenvalue weighted by molar-refractivity contribution is 5.66. The van der Waals surface area contributed by atoms with E-state index in [4.69, 9.17) is 19.5 Å². The summed E-state index contributed by atoms with van der Waals surface area (Å²) in [6.07, 6.45) is 2.00. The third-order valence-electron chi connectivity index (χ3n) is 4.76. The Morgan fingerprint density at radius 2 is 1.87 bits per heavy atom. The lowest BCUT2D eigenvalue weighted by Crippen LogP contribution is -2.36. The van der Waals surface area contributed by atoms with Crippen molar-refractivity contribution in [2.45, 2.75) is 19.4 Å². The second kappa shape index (κ2) is 12.3. The lowest BCUT2D eigenvalue weighted by molar-refractivity contribution is -0.119.